The summed E-state index contributed by atoms with van der Waals surface area (Å²) in [5, 5.41) is 24.5. The third-order valence-electron chi connectivity index (χ3n) is 7.07. The lowest BCUT2D eigenvalue weighted by atomic mass is 9.94. The zero-order valence-electron chi connectivity index (χ0n) is 24.2. The molecule has 15 nitrogen and oxygen atoms in total. The van der Waals surface area contributed by atoms with Crippen LogP contribution in [0.1, 0.15) is 52.0 Å². The largest absolute Gasteiger partial charge is 0.479 e. The predicted molar refractivity (Wildman–Crippen MR) is 148 cm³/mol. The molecule has 2 heterocycles. The summed E-state index contributed by atoms with van der Waals surface area (Å²) in [5.74, 6) is -4.43. The van der Waals surface area contributed by atoms with Crippen LogP contribution in [0.2, 0.25) is 0 Å². The number of aliphatic carboxylic acids is 1. The molecule has 5 unspecified atom stereocenters. The predicted octanol–water partition coefficient (Wildman–Crippen LogP) is -0.118. The standard InChI is InChI=1S/C28H38N4O11/c1-14(2)18-11-24(36)32(27(18)38)20(12-29)26(37)30-7-6-23(35)31-19-8-16(13-41-15(3)33)4-5-21(19)42-25-10-17(34)9-22(43-25)28(39)40/h4-5,8,14,17-18,20,22,25,34H,6-7,9-13,29H2,1-3H3,(H,30,37)(H,31,35)(H,39,40). The number of aliphatic hydroxyl groups excluding tert-OH is 1. The van der Waals surface area contributed by atoms with Crippen LogP contribution in [0.3, 0.4) is 0 Å². The van der Waals surface area contributed by atoms with Crippen molar-refractivity contribution in [3.63, 3.8) is 0 Å². The lowest BCUT2D eigenvalue weighted by Gasteiger charge is -2.31. The summed E-state index contributed by atoms with van der Waals surface area (Å²) in [6.07, 6.45) is -3.71. The van der Waals surface area contributed by atoms with Crippen LogP contribution in [0.4, 0.5) is 5.69 Å². The number of ether oxygens (including phenoxy) is 3. The average Bonchev–Trinajstić information content (AvgIpc) is 3.22. The minimum absolute atomic E-state index is 0.00539. The average molecular weight is 607 g/mol. The van der Waals surface area contributed by atoms with Crippen LogP contribution in [0.5, 0.6) is 5.75 Å². The van der Waals surface area contributed by atoms with Crippen LogP contribution in [-0.2, 0) is 44.8 Å². The minimum Gasteiger partial charge on any atom is -0.479 e. The molecule has 43 heavy (non-hydrogen) atoms. The highest BCUT2D eigenvalue weighted by Crippen LogP contribution is 2.31. The molecule has 2 aliphatic rings. The van der Waals surface area contributed by atoms with E-state index in [9.17, 15) is 39.0 Å². The van der Waals surface area contributed by atoms with Gasteiger partial charge in [-0.15, -0.1) is 0 Å². The molecule has 0 aliphatic carbocycles. The zero-order chi connectivity index (χ0) is 31.8. The van der Waals surface area contributed by atoms with E-state index in [1.165, 1.54) is 19.1 Å². The number of hydrogen-bond acceptors (Lipinski definition) is 11. The van der Waals surface area contributed by atoms with Crippen molar-refractivity contribution in [2.24, 2.45) is 17.6 Å². The van der Waals surface area contributed by atoms with Crippen molar-refractivity contribution in [2.75, 3.05) is 18.4 Å². The number of carbonyl (C=O) groups is 6. The van der Waals surface area contributed by atoms with E-state index in [2.05, 4.69) is 10.6 Å². The Morgan fingerprint density at radius 3 is 2.51 bits per heavy atom. The van der Waals surface area contributed by atoms with Gasteiger partial charge in [-0.05, 0) is 23.6 Å². The first kappa shape index (κ1) is 33.4. The van der Waals surface area contributed by atoms with Gasteiger partial charge in [-0.2, -0.15) is 0 Å². The number of nitrogens with one attached hydrogen (secondary N) is 2. The van der Waals surface area contributed by atoms with Gasteiger partial charge in [0.1, 0.15) is 18.4 Å². The first-order chi connectivity index (χ1) is 20.3. The van der Waals surface area contributed by atoms with Crippen molar-refractivity contribution < 1.29 is 53.2 Å². The Kier molecular flexibility index (Phi) is 11.6. The third-order valence-corrected chi connectivity index (χ3v) is 7.07. The molecule has 0 spiro atoms. The molecule has 0 saturated carbocycles. The van der Waals surface area contributed by atoms with Crippen LogP contribution in [-0.4, -0.2) is 88.3 Å². The number of hydrogen-bond donors (Lipinski definition) is 5. The summed E-state index contributed by atoms with van der Waals surface area (Å²) in [6, 6.07) is 3.32. The van der Waals surface area contributed by atoms with Gasteiger partial charge in [0.25, 0.3) is 0 Å². The van der Waals surface area contributed by atoms with E-state index in [-0.39, 0.29) is 62.7 Å². The van der Waals surface area contributed by atoms with Crippen LogP contribution < -0.4 is 21.1 Å². The maximum atomic E-state index is 12.8. The van der Waals surface area contributed by atoms with Gasteiger partial charge in [-0.3, -0.25) is 28.9 Å². The number of carboxylic acid groups (broad SMARTS) is 1. The lowest BCUT2D eigenvalue weighted by molar-refractivity contribution is -0.195. The van der Waals surface area contributed by atoms with Crippen LogP contribution >= 0.6 is 0 Å². The van der Waals surface area contributed by atoms with Crippen molar-refractivity contribution in [2.45, 2.75) is 77.6 Å². The summed E-state index contributed by atoms with van der Waals surface area (Å²) in [5.41, 5.74) is 6.38. The fourth-order valence-electron chi connectivity index (χ4n) is 4.77. The number of aliphatic hydroxyl groups is 1. The molecule has 1 aromatic carbocycles. The number of nitrogens with zero attached hydrogens (tertiary/aromatic N) is 1. The minimum atomic E-state index is -1.28. The monoisotopic (exact) mass is 606 g/mol. The number of anilines is 1. The van der Waals surface area contributed by atoms with E-state index < -0.39 is 66.0 Å². The first-order valence-electron chi connectivity index (χ1n) is 13.9. The molecule has 1 aromatic rings. The van der Waals surface area contributed by atoms with Gasteiger partial charge in [0.15, 0.2) is 6.10 Å². The third kappa shape index (κ3) is 8.95. The fourth-order valence-corrected chi connectivity index (χ4v) is 4.77. The molecule has 0 radical (unpaired) electrons. The number of amides is 4. The number of carbonyl (C=O) groups excluding carboxylic acids is 5. The highest BCUT2D eigenvalue weighted by atomic mass is 16.7. The van der Waals surface area contributed by atoms with Gasteiger partial charge in [-0.25, -0.2) is 4.79 Å². The van der Waals surface area contributed by atoms with Gasteiger partial charge in [0, 0.05) is 51.6 Å². The van der Waals surface area contributed by atoms with Crippen molar-refractivity contribution in [1.29, 1.82) is 0 Å². The Hall–Kier alpha value is -4.08. The van der Waals surface area contributed by atoms with Gasteiger partial charge < -0.3 is 40.8 Å². The van der Waals surface area contributed by atoms with E-state index in [4.69, 9.17) is 19.9 Å². The van der Waals surface area contributed by atoms with E-state index in [0.29, 0.717) is 5.56 Å². The number of likely N-dealkylation sites (tertiary alicyclic amines) is 1. The van der Waals surface area contributed by atoms with Crippen molar-refractivity contribution >= 4 is 41.3 Å². The maximum absolute atomic E-state index is 12.8. The molecule has 0 bridgehead atoms. The van der Waals surface area contributed by atoms with E-state index in [1.54, 1.807) is 6.07 Å². The molecule has 2 fully saturated rings. The van der Waals surface area contributed by atoms with E-state index in [0.717, 1.165) is 4.90 Å². The molecule has 6 N–H and O–H groups in total. The second-order valence-electron chi connectivity index (χ2n) is 10.7. The zero-order valence-corrected chi connectivity index (χ0v) is 24.2. The van der Waals surface area contributed by atoms with E-state index >= 15 is 0 Å². The summed E-state index contributed by atoms with van der Waals surface area (Å²) >= 11 is 0. The van der Waals surface area contributed by atoms with Gasteiger partial charge in [-0.1, -0.05) is 19.9 Å². The normalized spacial score (nSPS) is 22.7. The molecular formula is C28H38N4O11. The molecule has 3 rings (SSSR count). The topological polar surface area (TPSA) is 224 Å². The Morgan fingerprint density at radius 2 is 1.91 bits per heavy atom. The van der Waals surface area contributed by atoms with E-state index in [1.807, 2.05) is 13.8 Å². The maximum Gasteiger partial charge on any atom is 0.333 e. The summed E-state index contributed by atoms with van der Waals surface area (Å²) in [7, 11) is 0. The molecule has 0 aromatic heterocycles. The SMILES string of the molecule is CC(=O)OCc1ccc(OC2CC(O)CC(C(=O)O)O2)c(NC(=O)CCNC(=O)C(CN)N2C(=O)CC(C(C)C)C2=O)c1. The first-order valence-corrected chi connectivity index (χ1v) is 13.9. The Morgan fingerprint density at radius 1 is 1.19 bits per heavy atom. The molecule has 2 saturated heterocycles. The molecule has 236 valence electrons. The number of rotatable bonds is 13. The smallest absolute Gasteiger partial charge is 0.333 e. The Bertz CT molecular complexity index is 1240. The lowest BCUT2D eigenvalue weighted by Crippen LogP contribution is -2.53. The molecule has 4 amide bonds. The number of imide groups is 1. The quantitative estimate of drug-likeness (QED) is 0.146. The van der Waals surface area contributed by atoms with Crippen molar-refractivity contribution in [3.8, 4) is 5.75 Å². The highest BCUT2D eigenvalue weighted by Gasteiger charge is 2.45. The summed E-state index contributed by atoms with van der Waals surface area (Å²) in [4.78, 5) is 74.3. The highest BCUT2D eigenvalue weighted by molar-refractivity contribution is 6.07. The van der Waals surface area contributed by atoms with Gasteiger partial charge >= 0.3 is 11.9 Å². The molecular weight excluding hydrogens is 568 g/mol. The summed E-state index contributed by atoms with van der Waals surface area (Å²) in [6.45, 7) is 4.35. The van der Waals surface area contributed by atoms with Gasteiger partial charge in [0.2, 0.25) is 29.9 Å². The van der Waals surface area contributed by atoms with Crippen LogP contribution in [0.25, 0.3) is 0 Å². The Labute approximate surface area is 248 Å². The number of benzene rings is 1. The molecule has 2 aliphatic heterocycles. The van der Waals surface area contributed by atoms with Crippen molar-refractivity contribution in [1.82, 2.24) is 10.2 Å². The van der Waals surface area contributed by atoms with Crippen LogP contribution in [0, 0.1) is 11.8 Å². The number of carboxylic acids is 1. The second-order valence-corrected chi connectivity index (χ2v) is 10.7. The number of nitrogens with two attached hydrogens (primary N) is 1. The second kappa shape index (κ2) is 14.9. The van der Waals surface area contributed by atoms with Gasteiger partial charge in [0.05, 0.1) is 11.8 Å². The fraction of sp³-hybridized carbons (Fsp3) is 0.571. The Balaban J connectivity index is 1.65. The molecule has 5 atom stereocenters. The molecule has 15 heteroatoms. The number of esters is 1. The summed E-state index contributed by atoms with van der Waals surface area (Å²) < 4.78 is 16.2. The van der Waals surface area contributed by atoms with Crippen LogP contribution in [0.15, 0.2) is 18.2 Å². The van der Waals surface area contributed by atoms with Crippen molar-refractivity contribution in [3.05, 3.63) is 23.8 Å².